The van der Waals surface area contributed by atoms with Crippen molar-refractivity contribution < 1.29 is 22.0 Å². The van der Waals surface area contributed by atoms with Crippen molar-refractivity contribution in [2.24, 2.45) is 5.92 Å². The predicted molar refractivity (Wildman–Crippen MR) is 75.8 cm³/mol. The highest BCUT2D eigenvalue weighted by atomic mass is 35.7. The van der Waals surface area contributed by atoms with Gasteiger partial charge in [-0.15, -0.1) is 0 Å². The highest BCUT2D eigenvalue weighted by Crippen LogP contribution is 2.22. The van der Waals surface area contributed by atoms with Gasteiger partial charge in [0.1, 0.15) is 16.5 Å². The van der Waals surface area contributed by atoms with Crippen LogP contribution in [0.15, 0.2) is 17.0 Å². The molecule has 0 unspecified atom stereocenters. The third-order valence-corrected chi connectivity index (χ3v) is 4.11. The molecule has 1 N–H and O–H groups in total. The third kappa shape index (κ3) is 5.24. The van der Waals surface area contributed by atoms with Crippen LogP contribution >= 0.6 is 10.7 Å². The Balaban J connectivity index is 2.90. The molecule has 0 radical (unpaired) electrons. The zero-order valence-electron chi connectivity index (χ0n) is 11.6. The molecule has 0 heterocycles. The Bertz CT molecular complexity index is 633. The zero-order chi connectivity index (χ0) is 16.2. The largest absolute Gasteiger partial charge is 0.352 e. The Morgan fingerprint density at radius 3 is 2.43 bits per heavy atom. The molecule has 0 aliphatic carbocycles. The maximum absolute atomic E-state index is 13.6. The lowest BCUT2D eigenvalue weighted by Gasteiger charge is -2.09. The third-order valence-electron chi connectivity index (χ3n) is 2.77. The van der Waals surface area contributed by atoms with E-state index in [-0.39, 0.29) is 0 Å². The quantitative estimate of drug-likeness (QED) is 0.640. The van der Waals surface area contributed by atoms with E-state index in [1.54, 1.807) is 0 Å². The molecule has 0 fully saturated rings. The number of hydrogen-bond donors (Lipinski definition) is 1. The topological polar surface area (TPSA) is 63.2 Å². The average Bonchev–Trinajstić information content (AvgIpc) is 2.32. The lowest BCUT2D eigenvalue weighted by Crippen LogP contribution is -2.26. The van der Waals surface area contributed by atoms with E-state index in [2.05, 4.69) is 5.32 Å². The Hall–Kier alpha value is -1.21. The Kier molecular flexibility index (Phi) is 6.10. The van der Waals surface area contributed by atoms with Crippen LogP contribution in [0.4, 0.5) is 8.78 Å². The molecular formula is C13H16ClF2NO3S. The van der Waals surface area contributed by atoms with Gasteiger partial charge in [-0.3, -0.25) is 4.79 Å². The predicted octanol–water partition coefficient (Wildman–Crippen LogP) is 3.06. The first-order chi connectivity index (χ1) is 9.62. The molecule has 0 atom stereocenters. The molecule has 1 aromatic carbocycles. The smallest absolute Gasteiger partial charge is 0.264 e. The summed E-state index contributed by atoms with van der Waals surface area (Å²) in [6, 6.07) is 0.934. The van der Waals surface area contributed by atoms with Crippen molar-refractivity contribution in [3.05, 3.63) is 29.3 Å². The van der Waals surface area contributed by atoms with Crippen LogP contribution in [-0.2, 0) is 9.05 Å². The number of benzene rings is 1. The standard InChI is InChI=1S/C13H16ClF2NO3S/c1-8(2)4-3-5-17-13(18)9-6-12(21(14,19)20)11(16)7-10(9)15/h6-8H,3-5H2,1-2H3,(H,17,18). The van der Waals surface area contributed by atoms with Gasteiger partial charge < -0.3 is 5.32 Å². The highest BCUT2D eigenvalue weighted by molar-refractivity contribution is 8.13. The fraction of sp³-hybridized carbons (Fsp3) is 0.462. The summed E-state index contributed by atoms with van der Waals surface area (Å²) >= 11 is 0. The molecule has 0 spiro atoms. The van der Waals surface area contributed by atoms with Crippen molar-refractivity contribution in [3.63, 3.8) is 0 Å². The number of amides is 1. The minimum absolute atomic E-state index is 0.316. The molecule has 0 saturated carbocycles. The van der Waals surface area contributed by atoms with Gasteiger partial charge in [0, 0.05) is 23.3 Å². The summed E-state index contributed by atoms with van der Waals surface area (Å²) in [6.07, 6.45) is 1.58. The van der Waals surface area contributed by atoms with E-state index in [1.807, 2.05) is 13.8 Å². The van der Waals surface area contributed by atoms with E-state index in [1.165, 1.54) is 0 Å². The van der Waals surface area contributed by atoms with Crippen LogP contribution in [0, 0.1) is 17.6 Å². The van der Waals surface area contributed by atoms with Crippen LogP contribution in [0.1, 0.15) is 37.0 Å². The molecule has 8 heteroatoms. The maximum Gasteiger partial charge on any atom is 0.264 e. The van der Waals surface area contributed by atoms with Gasteiger partial charge in [-0.2, -0.15) is 0 Å². The van der Waals surface area contributed by atoms with Gasteiger partial charge in [-0.1, -0.05) is 13.8 Å². The Morgan fingerprint density at radius 1 is 1.29 bits per heavy atom. The first kappa shape index (κ1) is 17.8. The van der Waals surface area contributed by atoms with E-state index in [4.69, 9.17) is 10.7 Å². The van der Waals surface area contributed by atoms with Crippen LogP contribution in [-0.4, -0.2) is 20.9 Å². The molecule has 0 saturated heterocycles. The number of hydrogen-bond acceptors (Lipinski definition) is 3. The summed E-state index contributed by atoms with van der Waals surface area (Å²) in [5.41, 5.74) is -0.555. The van der Waals surface area contributed by atoms with Gasteiger partial charge in [0.05, 0.1) is 5.56 Å². The van der Waals surface area contributed by atoms with E-state index in [9.17, 15) is 22.0 Å². The van der Waals surface area contributed by atoms with E-state index >= 15 is 0 Å². The fourth-order valence-corrected chi connectivity index (χ4v) is 2.60. The summed E-state index contributed by atoms with van der Waals surface area (Å²) in [4.78, 5) is 10.9. The molecule has 1 amide bonds. The molecule has 0 aliphatic heterocycles. The molecule has 0 aromatic heterocycles. The lowest BCUT2D eigenvalue weighted by molar-refractivity contribution is 0.0948. The highest BCUT2D eigenvalue weighted by Gasteiger charge is 2.22. The maximum atomic E-state index is 13.6. The lowest BCUT2D eigenvalue weighted by atomic mass is 10.1. The summed E-state index contributed by atoms with van der Waals surface area (Å²) < 4.78 is 49.2. The monoisotopic (exact) mass is 339 g/mol. The van der Waals surface area contributed by atoms with Gasteiger partial charge >= 0.3 is 0 Å². The van der Waals surface area contributed by atoms with Crippen molar-refractivity contribution in [3.8, 4) is 0 Å². The molecule has 118 valence electrons. The number of carbonyl (C=O) groups is 1. The molecule has 0 bridgehead atoms. The number of carbonyl (C=O) groups excluding carboxylic acids is 1. The molecular weight excluding hydrogens is 324 g/mol. The van der Waals surface area contributed by atoms with Gasteiger partial charge in [-0.25, -0.2) is 17.2 Å². The number of rotatable bonds is 6. The number of nitrogens with one attached hydrogen (secondary N) is 1. The molecule has 0 aliphatic rings. The summed E-state index contributed by atoms with van der Waals surface area (Å²) in [5.74, 6) is -2.81. The van der Waals surface area contributed by atoms with Gasteiger partial charge in [0.25, 0.3) is 15.0 Å². The van der Waals surface area contributed by atoms with E-state index in [0.29, 0.717) is 31.0 Å². The molecule has 1 aromatic rings. The summed E-state index contributed by atoms with van der Waals surface area (Å²) in [6.45, 7) is 4.37. The first-order valence-electron chi connectivity index (χ1n) is 6.35. The van der Waals surface area contributed by atoms with Crippen LogP contribution in [0.5, 0.6) is 0 Å². The van der Waals surface area contributed by atoms with Gasteiger partial charge in [0.2, 0.25) is 0 Å². The van der Waals surface area contributed by atoms with Crippen LogP contribution in [0.3, 0.4) is 0 Å². The minimum Gasteiger partial charge on any atom is -0.352 e. The second kappa shape index (κ2) is 7.17. The molecule has 4 nitrogen and oxygen atoms in total. The van der Waals surface area contributed by atoms with Crippen LogP contribution < -0.4 is 5.32 Å². The minimum atomic E-state index is -4.39. The zero-order valence-corrected chi connectivity index (χ0v) is 13.2. The second-order valence-electron chi connectivity index (χ2n) is 4.99. The van der Waals surface area contributed by atoms with Crippen molar-refractivity contribution in [1.29, 1.82) is 0 Å². The Labute approximate surface area is 126 Å². The summed E-state index contributed by atoms with van der Waals surface area (Å²) in [7, 11) is 0.640. The van der Waals surface area contributed by atoms with E-state index < -0.39 is 37.1 Å². The van der Waals surface area contributed by atoms with Crippen molar-refractivity contribution in [2.45, 2.75) is 31.6 Å². The molecule has 1 rings (SSSR count). The van der Waals surface area contributed by atoms with Gasteiger partial charge in [-0.05, 0) is 24.8 Å². The van der Waals surface area contributed by atoms with Gasteiger partial charge in [0.15, 0.2) is 0 Å². The normalized spacial score (nSPS) is 11.7. The van der Waals surface area contributed by atoms with E-state index in [0.717, 1.165) is 6.42 Å². The van der Waals surface area contributed by atoms with Crippen molar-refractivity contribution >= 4 is 25.6 Å². The summed E-state index contributed by atoms with van der Waals surface area (Å²) in [5, 5.41) is 2.45. The van der Waals surface area contributed by atoms with Crippen LogP contribution in [0.2, 0.25) is 0 Å². The first-order valence-corrected chi connectivity index (χ1v) is 8.65. The Morgan fingerprint density at radius 2 is 1.90 bits per heavy atom. The van der Waals surface area contributed by atoms with Crippen LogP contribution in [0.25, 0.3) is 0 Å². The van der Waals surface area contributed by atoms with Crippen molar-refractivity contribution in [1.82, 2.24) is 5.32 Å². The second-order valence-corrected chi connectivity index (χ2v) is 7.53. The number of halogens is 3. The SMILES string of the molecule is CC(C)CCCNC(=O)c1cc(S(=O)(=O)Cl)c(F)cc1F. The van der Waals surface area contributed by atoms with Crippen molar-refractivity contribution in [2.75, 3.05) is 6.54 Å². The fourth-order valence-electron chi connectivity index (χ4n) is 1.70. The molecule has 21 heavy (non-hydrogen) atoms. The average molecular weight is 340 g/mol.